The second-order valence-corrected chi connectivity index (χ2v) is 7.86. The van der Waals surface area contributed by atoms with E-state index in [0.717, 1.165) is 25.5 Å². The topological polar surface area (TPSA) is 92.0 Å². The molecule has 7 heteroatoms. The van der Waals surface area contributed by atoms with E-state index in [1.165, 1.54) is 37.9 Å². The van der Waals surface area contributed by atoms with Crippen molar-refractivity contribution < 1.29 is 9.53 Å². The van der Waals surface area contributed by atoms with Crippen LogP contribution in [0.1, 0.15) is 38.7 Å². The molecule has 156 valence electrons. The molecular weight excluding hydrogens is 354 g/mol. The van der Waals surface area contributed by atoms with E-state index in [-0.39, 0.29) is 12.1 Å². The average Bonchev–Trinajstić information content (AvgIpc) is 2.70. The Balaban J connectivity index is 1.72. The molecule has 7 nitrogen and oxygen atoms in total. The molecule has 2 rings (SSSR count). The lowest BCUT2D eigenvalue weighted by Gasteiger charge is -2.41. The molecule has 1 heterocycles. The molecule has 1 amide bonds. The van der Waals surface area contributed by atoms with Crippen LogP contribution in [-0.2, 0) is 11.2 Å². The standard InChI is InChI=1S/C21H35N5O2/c1-21(2,26-13-5-4-6-14-26)16-25-20(23-3)24-12-11-17-7-9-18(10-8-17)28-15-19(22)27/h7-10H,4-6,11-16H2,1-3H3,(H2,22,27)(H2,23,24,25). The van der Waals surface area contributed by atoms with Gasteiger partial charge in [0.15, 0.2) is 12.6 Å². The molecule has 0 aromatic heterocycles. The molecule has 28 heavy (non-hydrogen) atoms. The second-order valence-electron chi connectivity index (χ2n) is 7.86. The van der Waals surface area contributed by atoms with Crippen LogP contribution in [-0.4, -0.2) is 62.1 Å². The Morgan fingerprint density at radius 2 is 1.86 bits per heavy atom. The number of hydrogen-bond acceptors (Lipinski definition) is 4. The van der Waals surface area contributed by atoms with Gasteiger partial charge in [0.05, 0.1) is 0 Å². The quantitative estimate of drug-likeness (QED) is 0.440. The van der Waals surface area contributed by atoms with Gasteiger partial charge in [0, 0.05) is 25.7 Å². The highest BCUT2D eigenvalue weighted by molar-refractivity contribution is 5.79. The van der Waals surface area contributed by atoms with Crippen molar-refractivity contribution >= 4 is 11.9 Å². The van der Waals surface area contributed by atoms with Gasteiger partial charge in [0.2, 0.25) is 0 Å². The minimum Gasteiger partial charge on any atom is -0.484 e. The molecule has 0 saturated carbocycles. The van der Waals surface area contributed by atoms with E-state index >= 15 is 0 Å². The molecule has 0 spiro atoms. The number of carbonyl (C=O) groups excluding carboxylic acids is 1. The number of piperidine rings is 1. The molecule has 4 N–H and O–H groups in total. The lowest BCUT2D eigenvalue weighted by molar-refractivity contribution is -0.119. The van der Waals surface area contributed by atoms with E-state index in [1.54, 1.807) is 7.05 Å². The summed E-state index contributed by atoms with van der Waals surface area (Å²) in [5.41, 5.74) is 6.37. The molecule has 0 radical (unpaired) electrons. The molecular formula is C21H35N5O2. The number of primary amides is 1. The molecule has 1 aromatic rings. The molecule has 0 unspecified atom stereocenters. The lowest BCUT2D eigenvalue weighted by Crippen LogP contribution is -2.55. The number of hydrogen-bond donors (Lipinski definition) is 3. The number of aliphatic imine (C=N–C) groups is 1. The van der Waals surface area contributed by atoms with E-state index in [1.807, 2.05) is 24.3 Å². The minimum atomic E-state index is -0.476. The van der Waals surface area contributed by atoms with Gasteiger partial charge < -0.3 is 21.1 Å². The molecule has 0 aliphatic carbocycles. The lowest BCUT2D eigenvalue weighted by atomic mass is 9.98. The Bertz CT molecular complexity index is 637. The molecule has 0 bridgehead atoms. The van der Waals surface area contributed by atoms with E-state index in [9.17, 15) is 4.79 Å². The van der Waals surface area contributed by atoms with Crippen molar-refractivity contribution in [1.29, 1.82) is 0 Å². The fraction of sp³-hybridized carbons (Fsp3) is 0.619. The Labute approximate surface area is 168 Å². The van der Waals surface area contributed by atoms with E-state index in [0.29, 0.717) is 5.75 Å². The smallest absolute Gasteiger partial charge is 0.255 e. The van der Waals surface area contributed by atoms with Gasteiger partial charge in [0.25, 0.3) is 5.91 Å². The molecule has 0 atom stereocenters. The predicted octanol–water partition coefficient (Wildman–Crippen LogP) is 1.52. The maximum atomic E-state index is 10.7. The molecule has 1 aliphatic heterocycles. The summed E-state index contributed by atoms with van der Waals surface area (Å²) in [7, 11) is 1.80. The second kappa shape index (κ2) is 10.9. The number of benzene rings is 1. The maximum Gasteiger partial charge on any atom is 0.255 e. The number of likely N-dealkylation sites (tertiary alicyclic amines) is 1. The summed E-state index contributed by atoms with van der Waals surface area (Å²) in [4.78, 5) is 17.7. The average molecular weight is 390 g/mol. The Hall–Kier alpha value is -2.28. The predicted molar refractivity (Wildman–Crippen MR) is 114 cm³/mol. The fourth-order valence-electron chi connectivity index (χ4n) is 3.36. The maximum absolute atomic E-state index is 10.7. The van der Waals surface area contributed by atoms with Crippen molar-refractivity contribution in [2.24, 2.45) is 10.7 Å². The molecule has 1 aliphatic rings. The number of nitrogens with zero attached hydrogens (tertiary/aromatic N) is 2. The number of ether oxygens (including phenoxy) is 1. The molecule has 1 aromatic carbocycles. The van der Waals surface area contributed by atoms with Crippen molar-refractivity contribution in [3.05, 3.63) is 29.8 Å². The summed E-state index contributed by atoms with van der Waals surface area (Å²) in [5, 5.41) is 6.84. The van der Waals surface area contributed by atoms with Gasteiger partial charge >= 0.3 is 0 Å². The van der Waals surface area contributed by atoms with E-state index in [4.69, 9.17) is 10.5 Å². The van der Waals surface area contributed by atoms with Crippen molar-refractivity contribution in [3.8, 4) is 5.75 Å². The van der Waals surface area contributed by atoms with Gasteiger partial charge in [-0.15, -0.1) is 0 Å². The van der Waals surface area contributed by atoms with Crippen LogP contribution in [0, 0.1) is 0 Å². The normalized spacial score (nSPS) is 15.9. The zero-order valence-corrected chi connectivity index (χ0v) is 17.5. The van der Waals surface area contributed by atoms with Gasteiger partial charge in [-0.3, -0.25) is 14.7 Å². The SMILES string of the molecule is CN=C(NCCc1ccc(OCC(N)=O)cc1)NCC(C)(C)N1CCCCC1. The number of nitrogens with one attached hydrogen (secondary N) is 2. The van der Waals surface area contributed by atoms with Crippen LogP contribution in [0.25, 0.3) is 0 Å². The first-order valence-corrected chi connectivity index (χ1v) is 10.1. The summed E-state index contributed by atoms with van der Waals surface area (Å²) in [6.45, 7) is 8.49. The van der Waals surface area contributed by atoms with Crippen molar-refractivity contribution in [2.75, 3.05) is 39.8 Å². The highest BCUT2D eigenvalue weighted by Crippen LogP contribution is 2.19. The third-order valence-electron chi connectivity index (χ3n) is 5.13. The molecule has 1 fully saturated rings. The van der Waals surface area contributed by atoms with Gasteiger partial charge in [-0.25, -0.2) is 0 Å². The first-order valence-electron chi connectivity index (χ1n) is 10.1. The number of carbonyl (C=O) groups is 1. The fourth-order valence-corrected chi connectivity index (χ4v) is 3.36. The van der Waals surface area contributed by atoms with Crippen LogP contribution >= 0.6 is 0 Å². The zero-order valence-electron chi connectivity index (χ0n) is 17.5. The van der Waals surface area contributed by atoms with Crippen molar-refractivity contribution in [3.63, 3.8) is 0 Å². The van der Waals surface area contributed by atoms with Crippen LogP contribution in [0.15, 0.2) is 29.3 Å². The highest BCUT2D eigenvalue weighted by atomic mass is 16.5. The summed E-state index contributed by atoms with van der Waals surface area (Å²) in [6.07, 6.45) is 4.80. The number of amides is 1. The largest absolute Gasteiger partial charge is 0.484 e. The number of rotatable bonds is 9. The Kier molecular flexibility index (Phi) is 8.57. The monoisotopic (exact) mass is 389 g/mol. The third-order valence-corrected chi connectivity index (χ3v) is 5.13. The third kappa shape index (κ3) is 7.38. The van der Waals surface area contributed by atoms with E-state index in [2.05, 4.69) is 34.4 Å². The van der Waals surface area contributed by atoms with Crippen LogP contribution < -0.4 is 21.1 Å². The van der Waals surface area contributed by atoms with Crippen LogP contribution in [0.4, 0.5) is 0 Å². The van der Waals surface area contributed by atoms with Crippen molar-refractivity contribution in [2.45, 2.75) is 45.1 Å². The summed E-state index contributed by atoms with van der Waals surface area (Å²) in [5.74, 6) is 0.995. The summed E-state index contributed by atoms with van der Waals surface area (Å²) < 4.78 is 5.27. The molecule has 1 saturated heterocycles. The van der Waals surface area contributed by atoms with Crippen molar-refractivity contribution in [1.82, 2.24) is 15.5 Å². The van der Waals surface area contributed by atoms with Crippen LogP contribution in [0.2, 0.25) is 0 Å². The zero-order chi connectivity index (χ0) is 20.4. The van der Waals surface area contributed by atoms with Gasteiger partial charge in [-0.05, 0) is 63.9 Å². The Morgan fingerprint density at radius 3 is 2.46 bits per heavy atom. The van der Waals surface area contributed by atoms with Crippen LogP contribution in [0.5, 0.6) is 5.75 Å². The number of nitrogens with two attached hydrogens (primary N) is 1. The first kappa shape index (κ1) is 22.0. The van der Waals surface area contributed by atoms with E-state index < -0.39 is 5.91 Å². The summed E-state index contributed by atoms with van der Waals surface area (Å²) >= 11 is 0. The highest BCUT2D eigenvalue weighted by Gasteiger charge is 2.27. The Morgan fingerprint density at radius 1 is 1.18 bits per heavy atom. The minimum absolute atomic E-state index is 0.101. The van der Waals surface area contributed by atoms with Gasteiger partial charge in [-0.2, -0.15) is 0 Å². The number of guanidine groups is 1. The first-order chi connectivity index (χ1) is 13.4. The van der Waals surface area contributed by atoms with Gasteiger partial charge in [-0.1, -0.05) is 18.6 Å². The summed E-state index contributed by atoms with van der Waals surface area (Å²) in [6, 6.07) is 7.69. The van der Waals surface area contributed by atoms with Crippen LogP contribution in [0.3, 0.4) is 0 Å². The van der Waals surface area contributed by atoms with Gasteiger partial charge in [0.1, 0.15) is 5.75 Å².